The Morgan fingerprint density at radius 2 is 2.12 bits per heavy atom. The minimum atomic E-state index is -0.329. The van der Waals surface area contributed by atoms with E-state index in [1.54, 1.807) is 24.3 Å². The fraction of sp³-hybridized carbons (Fsp3) is 0.167. The van der Waals surface area contributed by atoms with Gasteiger partial charge in [-0.1, -0.05) is 12.1 Å². The molecule has 0 fully saturated rings. The second-order valence-electron chi connectivity index (χ2n) is 5.53. The van der Waals surface area contributed by atoms with E-state index in [1.807, 2.05) is 25.1 Å². The number of hydrogen-bond donors (Lipinski definition) is 1. The maximum atomic E-state index is 12.3. The number of nitrogens with zero attached hydrogens (tertiary/aromatic N) is 1. The minimum Gasteiger partial charge on any atom is -0.482 e. The first-order chi connectivity index (χ1) is 11.6. The Morgan fingerprint density at radius 3 is 2.88 bits per heavy atom. The Kier molecular flexibility index (Phi) is 4.29. The first kappa shape index (κ1) is 15.7. The highest BCUT2D eigenvalue weighted by Crippen LogP contribution is 2.32. The zero-order valence-corrected chi connectivity index (χ0v) is 13.1. The van der Waals surface area contributed by atoms with E-state index in [0.29, 0.717) is 29.0 Å². The number of rotatable bonds is 4. The third kappa shape index (κ3) is 3.27. The SMILES string of the molecule is Cc1cccc(NC(=O)CN2C(=O)COc3ccc(C=O)cc32)c1. The molecule has 3 rings (SSSR count). The number of carbonyl (C=O) groups is 3. The van der Waals surface area contributed by atoms with Gasteiger partial charge in [-0.2, -0.15) is 0 Å². The van der Waals surface area contributed by atoms with Crippen molar-refractivity contribution in [2.75, 3.05) is 23.4 Å². The molecule has 0 saturated carbocycles. The molecule has 0 radical (unpaired) electrons. The Labute approximate surface area is 139 Å². The van der Waals surface area contributed by atoms with Crippen molar-refractivity contribution in [2.45, 2.75) is 6.92 Å². The lowest BCUT2D eigenvalue weighted by Crippen LogP contribution is -2.43. The highest BCUT2D eigenvalue weighted by molar-refractivity contribution is 6.05. The molecule has 1 aliphatic heterocycles. The molecule has 0 saturated heterocycles. The van der Waals surface area contributed by atoms with E-state index in [4.69, 9.17) is 4.74 Å². The molecule has 0 bridgehead atoms. The van der Waals surface area contributed by atoms with Crippen molar-refractivity contribution in [1.29, 1.82) is 0 Å². The van der Waals surface area contributed by atoms with Crippen LogP contribution < -0.4 is 15.0 Å². The van der Waals surface area contributed by atoms with E-state index < -0.39 is 0 Å². The maximum absolute atomic E-state index is 12.3. The quantitative estimate of drug-likeness (QED) is 0.875. The second kappa shape index (κ2) is 6.54. The van der Waals surface area contributed by atoms with Gasteiger partial charge in [0.2, 0.25) is 5.91 Å². The molecule has 2 aromatic carbocycles. The van der Waals surface area contributed by atoms with Crippen LogP contribution in [0.5, 0.6) is 5.75 Å². The van der Waals surface area contributed by atoms with Gasteiger partial charge in [0.1, 0.15) is 18.6 Å². The lowest BCUT2D eigenvalue weighted by atomic mass is 10.1. The van der Waals surface area contributed by atoms with Gasteiger partial charge in [-0.05, 0) is 42.8 Å². The van der Waals surface area contributed by atoms with Crippen LogP contribution in [0.1, 0.15) is 15.9 Å². The fourth-order valence-electron chi connectivity index (χ4n) is 2.53. The van der Waals surface area contributed by atoms with Gasteiger partial charge in [0.05, 0.1) is 5.69 Å². The van der Waals surface area contributed by atoms with E-state index >= 15 is 0 Å². The Morgan fingerprint density at radius 1 is 1.29 bits per heavy atom. The molecule has 2 aromatic rings. The number of ether oxygens (including phenoxy) is 1. The van der Waals surface area contributed by atoms with Crippen molar-refractivity contribution in [3.05, 3.63) is 53.6 Å². The van der Waals surface area contributed by atoms with E-state index in [2.05, 4.69) is 5.32 Å². The summed E-state index contributed by atoms with van der Waals surface area (Å²) in [4.78, 5) is 36.7. The molecule has 122 valence electrons. The van der Waals surface area contributed by atoms with Crippen LogP contribution in [0.4, 0.5) is 11.4 Å². The number of nitrogens with one attached hydrogen (secondary N) is 1. The molecule has 6 heteroatoms. The molecular weight excluding hydrogens is 308 g/mol. The lowest BCUT2D eigenvalue weighted by Gasteiger charge is -2.29. The van der Waals surface area contributed by atoms with Gasteiger partial charge < -0.3 is 10.1 Å². The lowest BCUT2D eigenvalue weighted by molar-refractivity contribution is -0.123. The number of aryl methyl sites for hydroxylation is 1. The summed E-state index contributed by atoms with van der Waals surface area (Å²) in [5, 5.41) is 2.77. The number of amides is 2. The number of fused-ring (bicyclic) bond motifs is 1. The standard InChI is InChI=1S/C18H16N2O4/c1-12-3-2-4-14(7-12)19-17(22)9-20-15-8-13(10-21)5-6-16(15)24-11-18(20)23/h2-8,10H,9,11H2,1H3,(H,19,22). The van der Waals surface area contributed by atoms with Crippen molar-refractivity contribution < 1.29 is 19.1 Å². The van der Waals surface area contributed by atoms with E-state index in [1.165, 1.54) is 4.90 Å². The predicted octanol–water partition coefficient (Wildman–Crippen LogP) is 2.17. The molecule has 0 unspecified atom stereocenters. The van der Waals surface area contributed by atoms with E-state index in [-0.39, 0.29) is 25.0 Å². The summed E-state index contributed by atoms with van der Waals surface area (Å²) >= 11 is 0. The monoisotopic (exact) mass is 324 g/mol. The summed E-state index contributed by atoms with van der Waals surface area (Å²) < 4.78 is 5.34. The Balaban J connectivity index is 1.80. The summed E-state index contributed by atoms with van der Waals surface area (Å²) in [7, 11) is 0. The highest BCUT2D eigenvalue weighted by Gasteiger charge is 2.27. The molecule has 6 nitrogen and oxygen atoms in total. The second-order valence-corrected chi connectivity index (χ2v) is 5.53. The van der Waals surface area contributed by atoms with Crippen LogP contribution in [-0.4, -0.2) is 31.3 Å². The topological polar surface area (TPSA) is 75.7 Å². The van der Waals surface area contributed by atoms with Gasteiger partial charge in [0.25, 0.3) is 5.91 Å². The third-order valence-electron chi connectivity index (χ3n) is 3.67. The first-order valence-corrected chi connectivity index (χ1v) is 7.46. The van der Waals surface area contributed by atoms with Crippen molar-refractivity contribution in [2.24, 2.45) is 0 Å². The number of aldehydes is 1. The summed E-state index contributed by atoms with van der Waals surface area (Å²) in [5.41, 5.74) is 2.53. The molecular formula is C18H16N2O4. The Bertz CT molecular complexity index is 816. The number of anilines is 2. The van der Waals surface area contributed by atoms with Crippen molar-refractivity contribution >= 4 is 29.5 Å². The zero-order valence-electron chi connectivity index (χ0n) is 13.1. The largest absolute Gasteiger partial charge is 0.482 e. The van der Waals surface area contributed by atoms with Gasteiger partial charge in [-0.25, -0.2) is 0 Å². The number of benzene rings is 2. The van der Waals surface area contributed by atoms with Gasteiger partial charge in [0.15, 0.2) is 6.61 Å². The van der Waals surface area contributed by atoms with Gasteiger partial charge >= 0.3 is 0 Å². The number of carbonyl (C=O) groups excluding carboxylic acids is 3. The molecule has 24 heavy (non-hydrogen) atoms. The summed E-state index contributed by atoms with van der Waals surface area (Å²) in [6, 6.07) is 12.2. The summed E-state index contributed by atoms with van der Waals surface area (Å²) in [6.45, 7) is 1.65. The van der Waals surface area contributed by atoms with Crippen LogP contribution >= 0.6 is 0 Å². The Hall–Kier alpha value is -3.15. The highest BCUT2D eigenvalue weighted by atomic mass is 16.5. The van der Waals surface area contributed by atoms with Gasteiger partial charge in [-0.3, -0.25) is 19.3 Å². The number of hydrogen-bond acceptors (Lipinski definition) is 4. The molecule has 0 spiro atoms. The van der Waals surface area contributed by atoms with Crippen LogP contribution in [0.2, 0.25) is 0 Å². The van der Waals surface area contributed by atoms with Crippen LogP contribution in [0, 0.1) is 6.92 Å². The molecule has 0 atom stereocenters. The molecule has 0 aromatic heterocycles. The van der Waals surface area contributed by atoms with Crippen LogP contribution in [0.3, 0.4) is 0 Å². The van der Waals surface area contributed by atoms with E-state index in [9.17, 15) is 14.4 Å². The third-order valence-corrected chi connectivity index (χ3v) is 3.67. The van der Waals surface area contributed by atoms with Crippen molar-refractivity contribution in [3.63, 3.8) is 0 Å². The molecule has 1 N–H and O–H groups in total. The predicted molar refractivity (Wildman–Crippen MR) is 89.5 cm³/mol. The maximum Gasteiger partial charge on any atom is 0.265 e. The summed E-state index contributed by atoms with van der Waals surface area (Å²) in [5.74, 6) is -0.174. The smallest absolute Gasteiger partial charge is 0.265 e. The van der Waals surface area contributed by atoms with E-state index in [0.717, 1.165) is 5.56 Å². The zero-order chi connectivity index (χ0) is 17.1. The minimum absolute atomic E-state index is 0.134. The van der Waals surface area contributed by atoms with Crippen LogP contribution in [-0.2, 0) is 9.59 Å². The fourth-order valence-corrected chi connectivity index (χ4v) is 2.53. The van der Waals surface area contributed by atoms with Crippen LogP contribution in [0.15, 0.2) is 42.5 Å². The molecule has 2 amide bonds. The first-order valence-electron chi connectivity index (χ1n) is 7.46. The van der Waals surface area contributed by atoms with Crippen molar-refractivity contribution in [1.82, 2.24) is 0 Å². The normalized spacial score (nSPS) is 13.0. The van der Waals surface area contributed by atoms with Gasteiger partial charge in [-0.15, -0.1) is 0 Å². The molecule has 1 aliphatic rings. The molecule has 0 aliphatic carbocycles. The average molecular weight is 324 g/mol. The molecule has 1 heterocycles. The summed E-state index contributed by atoms with van der Waals surface area (Å²) in [6.07, 6.45) is 0.685. The average Bonchev–Trinajstić information content (AvgIpc) is 2.57. The van der Waals surface area contributed by atoms with Gasteiger partial charge in [0, 0.05) is 11.3 Å². The van der Waals surface area contributed by atoms with Crippen LogP contribution in [0.25, 0.3) is 0 Å². The van der Waals surface area contributed by atoms with Crippen molar-refractivity contribution in [3.8, 4) is 5.75 Å².